The fraction of sp³-hybridized carbons (Fsp3) is 0.326. The Hall–Kier alpha value is -4.63. The summed E-state index contributed by atoms with van der Waals surface area (Å²) in [6.07, 6.45) is -0.430. The molecule has 0 amide bonds. The van der Waals surface area contributed by atoms with Crippen LogP contribution in [0.25, 0.3) is 11.2 Å². The third-order valence-electron chi connectivity index (χ3n) is 10.00. The van der Waals surface area contributed by atoms with Gasteiger partial charge in [0.1, 0.15) is 41.7 Å². The largest absolute Gasteiger partial charge is 0.497 e. The highest BCUT2D eigenvalue weighted by atomic mass is 79.9. The van der Waals surface area contributed by atoms with Gasteiger partial charge in [-0.25, -0.2) is 9.97 Å². The van der Waals surface area contributed by atoms with Crippen LogP contribution < -0.4 is 14.2 Å². The second-order valence-electron chi connectivity index (χ2n) is 14.9. The molecule has 0 radical (unpaired) electrons. The van der Waals surface area contributed by atoms with Gasteiger partial charge in [-0.05, 0) is 64.7 Å². The minimum absolute atomic E-state index is 0.00453. The Kier molecular flexibility index (Phi) is 12.2. The highest BCUT2D eigenvalue weighted by Gasteiger charge is 2.48. The fourth-order valence-corrected chi connectivity index (χ4v) is 7.87. The van der Waals surface area contributed by atoms with E-state index in [-0.39, 0.29) is 13.2 Å². The first kappa shape index (κ1) is 39.6. The maximum Gasteiger partial charge on any atom is 0.245 e. The Morgan fingerprint density at radius 2 is 1.43 bits per heavy atom. The highest BCUT2D eigenvalue weighted by molar-refractivity contribution is 9.10. The van der Waals surface area contributed by atoms with E-state index in [9.17, 15) is 5.11 Å². The van der Waals surface area contributed by atoms with Crippen molar-refractivity contribution in [2.24, 2.45) is 0 Å². The van der Waals surface area contributed by atoms with Crippen LogP contribution in [-0.2, 0) is 26.4 Å². The molecule has 56 heavy (non-hydrogen) atoms. The zero-order valence-electron chi connectivity index (χ0n) is 32.2. The average molecular weight is 840 g/mol. The van der Waals surface area contributed by atoms with Gasteiger partial charge in [0.15, 0.2) is 17.4 Å². The monoisotopic (exact) mass is 838 g/mol. The third-order valence-corrected chi connectivity index (χ3v) is 12.2. The Labute approximate surface area is 336 Å². The van der Waals surface area contributed by atoms with Gasteiger partial charge in [0, 0.05) is 12.5 Å². The van der Waals surface area contributed by atoms with E-state index >= 15 is 0 Å². The highest BCUT2D eigenvalue weighted by Crippen LogP contribution is 2.43. The summed E-state index contributed by atoms with van der Waals surface area (Å²) in [5, 5.41) is 12.1. The normalized spacial score (nSPS) is 18.6. The number of aliphatic hydroxyl groups excluding tert-OH is 1. The molecule has 11 nitrogen and oxygen atoms in total. The second kappa shape index (κ2) is 17.2. The molecule has 2 aromatic heterocycles. The van der Waals surface area contributed by atoms with Crippen molar-refractivity contribution in [1.29, 1.82) is 0 Å². The average Bonchev–Trinajstić information content (AvgIpc) is 3.79. The molecule has 1 N–H and O–H groups in total. The number of hydrogen-bond donors (Lipinski definition) is 1. The number of aromatic nitrogens is 4. The molecular formula is C43H47BrN4O7Si. The number of methoxy groups -OCH3 is 2. The number of hydrogen-bond acceptors (Lipinski definition) is 10. The fourth-order valence-electron chi connectivity index (χ4n) is 6.89. The first-order valence-corrected chi connectivity index (χ1v) is 23.1. The predicted octanol–water partition coefficient (Wildman–Crippen LogP) is 8.18. The van der Waals surface area contributed by atoms with E-state index in [1.165, 1.54) is 6.33 Å². The van der Waals surface area contributed by atoms with Crippen molar-refractivity contribution < 1.29 is 33.5 Å². The lowest BCUT2D eigenvalue weighted by Crippen LogP contribution is -2.40. The summed E-state index contributed by atoms with van der Waals surface area (Å²) in [6, 6.07) is 34.5. The summed E-state index contributed by atoms with van der Waals surface area (Å²) < 4.78 is 40.4. The van der Waals surface area contributed by atoms with Gasteiger partial charge in [-0.2, -0.15) is 4.98 Å². The number of halogens is 1. The predicted molar refractivity (Wildman–Crippen MR) is 220 cm³/mol. The molecule has 292 valence electrons. The van der Waals surface area contributed by atoms with E-state index in [1.54, 1.807) is 25.1 Å². The number of benzene rings is 4. The van der Waals surface area contributed by atoms with Gasteiger partial charge < -0.3 is 33.5 Å². The molecule has 0 spiro atoms. The topological polar surface area (TPSA) is 119 Å². The van der Waals surface area contributed by atoms with Crippen LogP contribution in [0.15, 0.2) is 120 Å². The summed E-state index contributed by atoms with van der Waals surface area (Å²) >= 11 is 3.51. The maximum atomic E-state index is 12.1. The van der Waals surface area contributed by atoms with E-state index in [4.69, 9.17) is 28.4 Å². The van der Waals surface area contributed by atoms with Crippen LogP contribution >= 0.6 is 15.9 Å². The first-order valence-electron chi connectivity index (χ1n) is 18.6. The second-order valence-corrected chi connectivity index (χ2v) is 21.5. The number of fused-ring (bicyclic) bond motifs is 1. The van der Waals surface area contributed by atoms with Crippen molar-refractivity contribution in [2.45, 2.75) is 62.4 Å². The zero-order valence-corrected chi connectivity index (χ0v) is 34.8. The van der Waals surface area contributed by atoms with Crippen LogP contribution in [-0.4, -0.2) is 78.4 Å². The van der Waals surface area contributed by atoms with Crippen LogP contribution in [0.2, 0.25) is 25.7 Å². The number of ether oxygens (including phenoxy) is 6. The number of imidazole rings is 1. The molecule has 1 aliphatic rings. The Morgan fingerprint density at radius 1 is 0.804 bits per heavy atom. The summed E-state index contributed by atoms with van der Waals surface area (Å²) in [7, 11) is 1.94. The SMILES string of the molecule is COc1ccc(C(OC[C@H]2OC(n3cnc4c(OCC[Si](C)(C)C)ncnc43)[C@H](OCc3ccc(Br)cc3)[C@@H]2O)(c2ccccc2)c2ccc(OC)cc2)cc1. The van der Waals surface area contributed by atoms with Gasteiger partial charge in [0.05, 0.1) is 40.4 Å². The molecule has 13 heteroatoms. The molecule has 7 rings (SSSR count). The van der Waals surface area contributed by atoms with Crippen LogP contribution in [0.5, 0.6) is 17.4 Å². The van der Waals surface area contributed by atoms with E-state index in [1.807, 2.05) is 103 Å². The minimum Gasteiger partial charge on any atom is -0.497 e. The Balaban J connectivity index is 1.25. The quantitative estimate of drug-likeness (QED) is 0.0756. The maximum absolute atomic E-state index is 12.1. The summed E-state index contributed by atoms with van der Waals surface area (Å²) in [5.74, 6) is 1.84. The minimum atomic E-state index is -1.34. The van der Waals surface area contributed by atoms with Gasteiger partial charge in [-0.1, -0.05) is 102 Å². The summed E-state index contributed by atoms with van der Waals surface area (Å²) in [4.78, 5) is 13.7. The molecule has 0 saturated carbocycles. The lowest BCUT2D eigenvalue weighted by Gasteiger charge is -2.37. The van der Waals surface area contributed by atoms with Crippen LogP contribution in [0.3, 0.4) is 0 Å². The van der Waals surface area contributed by atoms with Gasteiger partial charge >= 0.3 is 0 Å². The van der Waals surface area contributed by atoms with Crippen molar-refractivity contribution >= 4 is 35.2 Å². The van der Waals surface area contributed by atoms with E-state index in [2.05, 4.69) is 50.5 Å². The van der Waals surface area contributed by atoms with Crippen molar-refractivity contribution in [2.75, 3.05) is 27.4 Å². The molecule has 6 aromatic rings. The van der Waals surface area contributed by atoms with E-state index in [0.717, 1.165) is 44.3 Å². The number of nitrogens with zero attached hydrogens (tertiary/aromatic N) is 4. The van der Waals surface area contributed by atoms with Crippen molar-refractivity contribution in [1.82, 2.24) is 19.5 Å². The van der Waals surface area contributed by atoms with Gasteiger partial charge in [-0.3, -0.25) is 4.57 Å². The van der Waals surface area contributed by atoms with Crippen LogP contribution in [0.1, 0.15) is 28.5 Å². The van der Waals surface area contributed by atoms with Crippen LogP contribution in [0, 0.1) is 0 Å². The molecule has 0 bridgehead atoms. The molecule has 0 aliphatic carbocycles. The molecule has 1 fully saturated rings. The number of aliphatic hydroxyl groups is 1. The van der Waals surface area contributed by atoms with Crippen molar-refractivity contribution in [3.8, 4) is 17.4 Å². The molecule has 1 saturated heterocycles. The molecule has 1 aliphatic heterocycles. The van der Waals surface area contributed by atoms with Crippen LogP contribution in [0.4, 0.5) is 0 Å². The lowest BCUT2D eigenvalue weighted by atomic mass is 9.80. The van der Waals surface area contributed by atoms with Gasteiger partial charge in [-0.15, -0.1) is 0 Å². The third kappa shape index (κ3) is 8.53. The Bertz CT molecular complexity index is 2130. The van der Waals surface area contributed by atoms with Crippen molar-refractivity contribution in [3.05, 3.63) is 143 Å². The smallest absolute Gasteiger partial charge is 0.245 e. The molecule has 4 aromatic carbocycles. The van der Waals surface area contributed by atoms with E-state index < -0.39 is 38.2 Å². The molecule has 4 atom stereocenters. The Morgan fingerprint density at radius 3 is 2.04 bits per heavy atom. The van der Waals surface area contributed by atoms with Gasteiger partial charge in [0.2, 0.25) is 5.88 Å². The first-order chi connectivity index (χ1) is 27.1. The lowest BCUT2D eigenvalue weighted by molar-refractivity contribution is -0.0968. The van der Waals surface area contributed by atoms with Crippen molar-refractivity contribution in [3.63, 3.8) is 0 Å². The standard InChI is InChI=1S/C43H47BrN4O7Si/c1-50-34-19-13-31(14-20-34)43(30-9-7-6-8-10-30,32-15-21-35(51-2)22-16-32)54-26-36-38(49)39(53-25-29-11-17-33(44)18-12-29)42(55-36)48-28-47-37-40(48)45-27-46-41(37)52-23-24-56(3,4)5/h6-22,27-28,36,38-39,42,49H,23-26H2,1-5H3/t36-,38-,39-,42?/m1/s1. The molecule has 1 unspecified atom stereocenters. The molecule has 3 heterocycles. The molecular weight excluding hydrogens is 792 g/mol. The number of rotatable bonds is 16. The van der Waals surface area contributed by atoms with E-state index in [0.29, 0.717) is 23.7 Å². The summed E-state index contributed by atoms with van der Waals surface area (Å²) in [5.41, 5.74) is 3.45. The van der Waals surface area contributed by atoms with Gasteiger partial charge in [0.25, 0.3) is 0 Å². The summed E-state index contributed by atoms with van der Waals surface area (Å²) in [6.45, 7) is 7.68. The zero-order chi connectivity index (χ0) is 39.3.